The van der Waals surface area contributed by atoms with Gasteiger partial charge in [-0.2, -0.15) is 13.2 Å². The summed E-state index contributed by atoms with van der Waals surface area (Å²) in [4.78, 5) is 15.3. The Hall–Kier alpha value is -3.28. The average Bonchev–Trinajstić information content (AvgIpc) is 3.08. The number of aryl methyl sites for hydroxylation is 2. The summed E-state index contributed by atoms with van der Waals surface area (Å²) >= 11 is 0. The third-order valence-electron chi connectivity index (χ3n) is 4.71. The molecule has 0 radical (unpaired) electrons. The van der Waals surface area contributed by atoms with Crippen LogP contribution in [0.15, 0.2) is 47.5 Å². The van der Waals surface area contributed by atoms with Crippen LogP contribution < -0.4 is 4.72 Å². The molecule has 176 valence electrons. The molecule has 0 saturated carbocycles. The van der Waals surface area contributed by atoms with E-state index in [-0.39, 0.29) is 17.8 Å². The van der Waals surface area contributed by atoms with Crippen LogP contribution in [0.2, 0.25) is 0 Å². The van der Waals surface area contributed by atoms with Crippen LogP contribution in [0.3, 0.4) is 0 Å². The number of nitrogens with zero attached hydrogens (tertiary/aromatic N) is 2. The molecule has 3 aromatic rings. The Morgan fingerprint density at radius 1 is 1.09 bits per heavy atom. The van der Waals surface area contributed by atoms with Gasteiger partial charge in [0, 0.05) is 13.2 Å². The molecule has 0 atom stereocenters. The molecule has 3 rings (SSSR count). The minimum absolute atomic E-state index is 0.0225. The molecule has 1 heterocycles. The van der Waals surface area contributed by atoms with E-state index in [1.54, 1.807) is 11.6 Å². The van der Waals surface area contributed by atoms with Crippen molar-refractivity contribution in [3.05, 3.63) is 71.1 Å². The highest BCUT2D eigenvalue weighted by molar-refractivity contribution is 7.90. The van der Waals surface area contributed by atoms with E-state index < -0.39 is 55.5 Å². The van der Waals surface area contributed by atoms with E-state index in [2.05, 4.69) is 4.98 Å². The lowest BCUT2D eigenvalue weighted by Gasteiger charge is -2.17. The van der Waals surface area contributed by atoms with Gasteiger partial charge in [-0.15, -0.1) is 0 Å². The summed E-state index contributed by atoms with van der Waals surface area (Å²) in [5.74, 6) is -3.60. The number of amides is 1. The van der Waals surface area contributed by atoms with E-state index in [9.17, 15) is 35.2 Å². The number of nitrogens with one attached hydrogen (secondary N) is 1. The number of carbonyl (C=O) groups is 1. The molecule has 0 aliphatic heterocycles. The third kappa shape index (κ3) is 4.90. The molecule has 0 saturated heterocycles. The lowest BCUT2D eigenvalue weighted by Crippen LogP contribution is -2.33. The topological polar surface area (TPSA) is 81.1 Å². The molecule has 33 heavy (non-hydrogen) atoms. The fourth-order valence-electron chi connectivity index (χ4n) is 3.34. The second-order valence-corrected chi connectivity index (χ2v) is 8.75. The highest BCUT2D eigenvalue weighted by atomic mass is 32.2. The zero-order valence-electron chi connectivity index (χ0n) is 17.4. The van der Waals surface area contributed by atoms with Crippen LogP contribution in [0.4, 0.5) is 22.0 Å². The Balaban J connectivity index is 2.03. The maximum Gasteiger partial charge on any atom is 0.417 e. The van der Waals surface area contributed by atoms with Gasteiger partial charge in [0.15, 0.2) is 0 Å². The van der Waals surface area contributed by atoms with Crippen LogP contribution >= 0.6 is 0 Å². The Morgan fingerprint density at radius 3 is 2.27 bits per heavy atom. The Kier molecular flexibility index (Phi) is 6.59. The summed E-state index contributed by atoms with van der Waals surface area (Å²) < 4.78 is 97.1. The van der Waals surface area contributed by atoms with Gasteiger partial charge < -0.3 is 4.57 Å². The third-order valence-corrected chi connectivity index (χ3v) is 6.19. The number of aromatic nitrogens is 2. The molecular formula is C21H18F5N3O3S. The monoisotopic (exact) mass is 487 g/mol. The van der Waals surface area contributed by atoms with Crippen molar-refractivity contribution in [2.24, 2.45) is 7.05 Å². The van der Waals surface area contributed by atoms with Gasteiger partial charge in [0.1, 0.15) is 28.0 Å². The highest BCUT2D eigenvalue weighted by Gasteiger charge is 2.39. The number of sulfonamides is 1. The summed E-state index contributed by atoms with van der Waals surface area (Å²) in [5, 5.41) is 0. The number of alkyl halides is 3. The van der Waals surface area contributed by atoms with Crippen molar-refractivity contribution in [3.8, 4) is 11.4 Å². The van der Waals surface area contributed by atoms with Crippen LogP contribution in [0.1, 0.15) is 35.0 Å². The Labute approximate surface area is 186 Å². The van der Waals surface area contributed by atoms with Gasteiger partial charge in [0.05, 0.1) is 11.1 Å². The van der Waals surface area contributed by atoms with Crippen molar-refractivity contribution < 1.29 is 35.2 Å². The first-order valence-electron chi connectivity index (χ1n) is 9.60. The summed E-state index contributed by atoms with van der Waals surface area (Å²) in [5.41, 5.74) is -2.62. The minimum atomic E-state index is -4.99. The number of carbonyl (C=O) groups excluding carboxylic acids is 1. The van der Waals surface area contributed by atoms with Crippen molar-refractivity contribution in [2.75, 3.05) is 0 Å². The average molecular weight is 487 g/mol. The van der Waals surface area contributed by atoms with Crippen LogP contribution in [0.5, 0.6) is 0 Å². The molecule has 0 bridgehead atoms. The fourth-order valence-corrected chi connectivity index (χ4v) is 4.78. The van der Waals surface area contributed by atoms with E-state index in [1.165, 1.54) is 13.1 Å². The lowest BCUT2D eigenvalue weighted by atomic mass is 10.1. The number of halogens is 5. The van der Waals surface area contributed by atoms with Crippen LogP contribution in [0.25, 0.3) is 11.4 Å². The molecule has 0 aliphatic rings. The van der Waals surface area contributed by atoms with Crippen LogP contribution in [0, 0.1) is 11.6 Å². The minimum Gasteiger partial charge on any atom is -0.333 e. The molecule has 1 N–H and O–H groups in total. The molecule has 0 aliphatic carbocycles. The fraction of sp³-hybridized carbons (Fsp3) is 0.238. The molecule has 1 aromatic heterocycles. The van der Waals surface area contributed by atoms with E-state index >= 15 is 0 Å². The predicted molar refractivity (Wildman–Crippen MR) is 109 cm³/mol. The second kappa shape index (κ2) is 8.93. The first-order valence-corrected chi connectivity index (χ1v) is 11.1. The van der Waals surface area contributed by atoms with Crippen molar-refractivity contribution >= 4 is 15.9 Å². The van der Waals surface area contributed by atoms with Gasteiger partial charge in [-0.1, -0.05) is 31.5 Å². The first-order chi connectivity index (χ1) is 15.4. The van der Waals surface area contributed by atoms with Crippen LogP contribution in [-0.2, 0) is 29.7 Å². The normalized spacial score (nSPS) is 12.1. The summed E-state index contributed by atoms with van der Waals surface area (Å²) in [6, 6.07) is 6.00. The van der Waals surface area contributed by atoms with E-state index in [4.69, 9.17) is 0 Å². The van der Waals surface area contributed by atoms with Gasteiger partial charge in [-0.25, -0.2) is 26.9 Å². The predicted octanol–water partition coefficient (Wildman–Crippen LogP) is 4.46. The Bertz CT molecular complexity index is 1300. The van der Waals surface area contributed by atoms with Gasteiger partial charge >= 0.3 is 6.18 Å². The number of benzene rings is 2. The van der Waals surface area contributed by atoms with Crippen molar-refractivity contribution in [1.82, 2.24) is 14.3 Å². The largest absolute Gasteiger partial charge is 0.417 e. The summed E-state index contributed by atoms with van der Waals surface area (Å²) in [6.07, 6.45) is -3.60. The number of hydrogen-bond acceptors (Lipinski definition) is 4. The van der Waals surface area contributed by atoms with E-state index in [0.717, 1.165) is 35.0 Å². The maximum absolute atomic E-state index is 14.1. The highest BCUT2D eigenvalue weighted by Crippen LogP contribution is 2.36. The molecule has 1 amide bonds. The zero-order valence-corrected chi connectivity index (χ0v) is 18.2. The van der Waals surface area contributed by atoms with Crippen LogP contribution in [-0.4, -0.2) is 23.9 Å². The molecule has 6 nitrogen and oxygen atoms in total. The van der Waals surface area contributed by atoms with Gasteiger partial charge in [0.2, 0.25) is 0 Å². The lowest BCUT2D eigenvalue weighted by molar-refractivity contribution is -0.140. The molecule has 0 spiro atoms. The zero-order chi connectivity index (χ0) is 24.6. The number of hydrogen-bond donors (Lipinski definition) is 1. The molecule has 0 fully saturated rings. The second-order valence-electron chi connectivity index (χ2n) is 7.13. The van der Waals surface area contributed by atoms with Gasteiger partial charge in [-0.3, -0.25) is 4.79 Å². The van der Waals surface area contributed by atoms with Crippen molar-refractivity contribution in [2.45, 2.75) is 30.8 Å². The van der Waals surface area contributed by atoms with Crippen molar-refractivity contribution in [3.63, 3.8) is 0 Å². The van der Waals surface area contributed by atoms with E-state index in [1.807, 2.05) is 0 Å². The van der Waals surface area contributed by atoms with Gasteiger partial charge in [0.25, 0.3) is 15.9 Å². The van der Waals surface area contributed by atoms with Gasteiger partial charge in [-0.05, 0) is 30.2 Å². The standard InChI is InChI=1S/C21H18F5N3O3S/c1-3-6-12-7-4-8-13(21(24,25)26)18(12)33(31,32)28-20(30)16-11-29(2)19(27-16)17-14(22)9-5-10-15(17)23/h4-5,7-11H,3,6H2,1-2H3,(H,28,30). The number of rotatable bonds is 6. The Morgan fingerprint density at radius 2 is 1.70 bits per heavy atom. The molecular weight excluding hydrogens is 469 g/mol. The summed E-state index contributed by atoms with van der Waals surface area (Å²) in [7, 11) is -3.66. The van der Waals surface area contributed by atoms with Crippen molar-refractivity contribution in [1.29, 1.82) is 0 Å². The molecule has 0 unspecified atom stereocenters. The summed E-state index contributed by atoms with van der Waals surface area (Å²) in [6.45, 7) is 1.66. The quantitative estimate of drug-likeness (QED) is 0.521. The first kappa shape index (κ1) is 24.4. The van der Waals surface area contributed by atoms with E-state index in [0.29, 0.717) is 12.5 Å². The maximum atomic E-state index is 14.1. The smallest absolute Gasteiger partial charge is 0.333 e. The number of imidazole rings is 1. The SMILES string of the molecule is CCCc1cccc(C(F)(F)F)c1S(=O)(=O)NC(=O)c1cn(C)c(-c2c(F)cccc2F)n1. The molecule has 12 heteroatoms. The molecule has 2 aromatic carbocycles.